The van der Waals surface area contributed by atoms with Gasteiger partial charge in [-0.05, 0) is 62.4 Å². The van der Waals surface area contributed by atoms with Gasteiger partial charge in [-0.25, -0.2) is 9.97 Å². The second-order valence-electron chi connectivity index (χ2n) is 8.49. The lowest BCUT2D eigenvalue weighted by Crippen LogP contribution is -2.28. The highest BCUT2D eigenvalue weighted by Gasteiger charge is 2.22. The monoisotopic (exact) mass is 439 g/mol. The quantitative estimate of drug-likeness (QED) is 0.399. The van der Waals surface area contributed by atoms with Crippen LogP contribution in [-0.2, 0) is 6.42 Å². The SMILES string of the molecule is C=C/C=C(\c1nc(-c2n[nH]c3ccc(-c4cncc(CC)c4)nc23)[nH]c1C)N1CCCCC1. The number of fused-ring (bicyclic) bond motifs is 1. The normalized spacial score (nSPS) is 14.7. The molecular formula is C26H29N7. The Kier molecular flexibility index (Phi) is 5.77. The number of nitrogens with zero attached hydrogens (tertiary/aromatic N) is 5. The van der Waals surface area contributed by atoms with Crippen LogP contribution >= 0.6 is 0 Å². The summed E-state index contributed by atoms with van der Waals surface area (Å²) in [6, 6.07) is 6.15. The van der Waals surface area contributed by atoms with Gasteiger partial charge in [-0.3, -0.25) is 10.1 Å². The van der Waals surface area contributed by atoms with Crippen LogP contribution in [0.15, 0.2) is 49.3 Å². The number of likely N-dealkylation sites (tertiary alicyclic amines) is 1. The van der Waals surface area contributed by atoms with Gasteiger partial charge in [0.25, 0.3) is 0 Å². The molecule has 7 heteroatoms. The van der Waals surface area contributed by atoms with Crippen LogP contribution in [0.3, 0.4) is 0 Å². The molecule has 1 saturated heterocycles. The molecule has 4 aromatic rings. The minimum absolute atomic E-state index is 0.714. The van der Waals surface area contributed by atoms with Crippen LogP contribution in [0.2, 0.25) is 0 Å². The molecule has 4 aromatic heterocycles. The summed E-state index contributed by atoms with van der Waals surface area (Å²) < 4.78 is 0. The molecule has 0 spiro atoms. The van der Waals surface area contributed by atoms with Gasteiger partial charge in [0.1, 0.15) is 11.2 Å². The van der Waals surface area contributed by atoms with E-state index in [-0.39, 0.29) is 0 Å². The number of hydrogen-bond acceptors (Lipinski definition) is 5. The van der Waals surface area contributed by atoms with Gasteiger partial charge in [0, 0.05) is 36.7 Å². The average molecular weight is 440 g/mol. The molecule has 1 aliphatic heterocycles. The van der Waals surface area contributed by atoms with Crippen molar-refractivity contribution in [1.29, 1.82) is 0 Å². The summed E-state index contributed by atoms with van der Waals surface area (Å²) in [6.45, 7) is 10.2. The number of allylic oxidation sites excluding steroid dienone is 2. The molecule has 168 valence electrons. The van der Waals surface area contributed by atoms with Crippen LogP contribution in [0.4, 0.5) is 0 Å². The summed E-state index contributed by atoms with van der Waals surface area (Å²) in [5, 5.41) is 7.66. The van der Waals surface area contributed by atoms with Crippen molar-refractivity contribution in [2.45, 2.75) is 39.5 Å². The van der Waals surface area contributed by atoms with E-state index in [1.807, 2.05) is 30.6 Å². The van der Waals surface area contributed by atoms with E-state index >= 15 is 0 Å². The largest absolute Gasteiger partial charge is 0.370 e. The number of aryl methyl sites for hydroxylation is 2. The number of imidazole rings is 1. The molecule has 0 unspecified atom stereocenters. The van der Waals surface area contributed by atoms with Crippen molar-refractivity contribution < 1.29 is 0 Å². The molecule has 0 saturated carbocycles. The average Bonchev–Trinajstić information content (AvgIpc) is 3.46. The fraction of sp³-hybridized carbons (Fsp3) is 0.308. The Labute approximate surface area is 193 Å². The van der Waals surface area contributed by atoms with Crippen molar-refractivity contribution in [1.82, 2.24) is 35.0 Å². The minimum Gasteiger partial charge on any atom is -0.370 e. The number of rotatable bonds is 6. The Morgan fingerprint density at radius 2 is 2.00 bits per heavy atom. The first-order valence-electron chi connectivity index (χ1n) is 11.6. The third kappa shape index (κ3) is 4.06. The van der Waals surface area contributed by atoms with Gasteiger partial charge in [-0.1, -0.05) is 19.6 Å². The zero-order valence-electron chi connectivity index (χ0n) is 19.2. The topological polar surface area (TPSA) is 86.4 Å². The molecule has 0 aliphatic carbocycles. The van der Waals surface area contributed by atoms with E-state index < -0.39 is 0 Å². The van der Waals surface area contributed by atoms with E-state index in [2.05, 4.69) is 57.6 Å². The molecule has 7 nitrogen and oxygen atoms in total. The number of aromatic amines is 2. The number of aromatic nitrogens is 6. The van der Waals surface area contributed by atoms with E-state index in [0.717, 1.165) is 64.6 Å². The van der Waals surface area contributed by atoms with E-state index in [4.69, 9.17) is 9.97 Å². The number of H-pyrrole nitrogens is 2. The predicted molar refractivity (Wildman–Crippen MR) is 132 cm³/mol. The lowest BCUT2D eigenvalue weighted by molar-refractivity contribution is 0.325. The second kappa shape index (κ2) is 9.02. The number of nitrogens with one attached hydrogen (secondary N) is 2. The van der Waals surface area contributed by atoms with Crippen LogP contribution < -0.4 is 0 Å². The maximum atomic E-state index is 4.98. The van der Waals surface area contributed by atoms with Gasteiger partial charge >= 0.3 is 0 Å². The molecule has 5 rings (SSSR count). The Balaban J connectivity index is 1.55. The summed E-state index contributed by atoms with van der Waals surface area (Å²) in [6.07, 6.45) is 12.3. The molecule has 33 heavy (non-hydrogen) atoms. The zero-order chi connectivity index (χ0) is 22.8. The van der Waals surface area contributed by atoms with Crippen molar-refractivity contribution in [2.24, 2.45) is 0 Å². The van der Waals surface area contributed by atoms with Crippen LogP contribution in [0, 0.1) is 6.92 Å². The van der Waals surface area contributed by atoms with Gasteiger partial charge in [-0.15, -0.1) is 0 Å². The summed E-state index contributed by atoms with van der Waals surface area (Å²) in [5.41, 5.74) is 8.52. The molecule has 1 aliphatic rings. The number of hydrogen-bond donors (Lipinski definition) is 2. The van der Waals surface area contributed by atoms with Gasteiger partial charge in [0.15, 0.2) is 11.5 Å². The van der Waals surface area contributed by atoms with Crippen LogP contribution in [0.1, 0.15) is 43.1 Å². The molecule has 0 amide bonds. The highest BCUT2D eigenvalue weighted by molar-refractivity contribution is 5.89. The highest BCUT2D eigenvalue weighted by atomic mass is 15.2. The Bertz CT molecular complexity index is 1320. The molecular weight excluding hydrogens is 410 g/mol. The summed E-state index contributed by atoms with van der Waals surface area (Å²) in [5.74, 6) is 0.714. The molecule has 1 fully saturated rings. The third-order valence-corrected chi connectivity index (χ3v) is 6.23. The second-order valence-corrected chi connectivity index (χ2v) is 8.49. The summed E-state index contributed by atoms with van der Waals surface area (Å²) in [7, 11) is 0. The zero-order valence-corrected chi connectivity index (χ0v) is 19.2. The first-order chi connectivity index (χ1) is 16.2. The molecule has 5 heterocycles. The predicted octanol–water partition coefficient (Wildman–Crippen LogP) is 5.29. The molecule has 0 aromatic carbocycles. The van der Waals surface area contributed by atoms with E-state index in [1.54, 1.807) is 0 Å². The van der Waals surface area contributed by atoms with Crippen molar-refractivity contribution in [3.05, 3.63) is 66.3 Å². The highest BCUT2D eigenvalue weighted by Crippen LogP contribution is 2.30. The fourth-order valence-corrected chi connectivity index (χ4v) is 4.45. The molecule has 2 N–H and O–H groups in total. The van der Waals surface area contributed by atoms with E-state index in [9.17, 15) is 0 Å². The fourth-order valence-electron chi connectivity index (χ4n) is 4.45. The number of piperidine rings is 1. The van der Waals surface area contributed by atoms with Gasteiger partial charge in [0.2, 0.25) is 0 Å². The summed E-state index contributed by atoms with van der Waals surface area (Å²) >= 11 is 0. The van der Waals surface area contributed by atoms with Gasteiger partial charge in [0.05, 0.1) is 16.9 Å². The summed E-state index contributed by atoms with van der Waals surface area (Å²) in [4.78, 5) is 20.1. The van der Waals surface area contributed by atoms with Crippen molar-refractivity contribution in [2.75, 3.05) is 13.1 Å². The van der Waals surface area contributed by atoms with E-state index in [0.29, 0.717) is 5.82 Å². The first-order valence-corrected chi connectivity index (χ1v) is 11.6. The Morgan fingerprint density at radius 3 is 2.79 bits per heavy atom. The van der Waals surface area contributed by atoms with Crippen molar-refractivity contribution in [3.8, 4) is 22.8 Å². The van der Waals surface area contributed by atoms with Gasteiger partial charge in [-0.2, -0.15) is 5.10 Å². The maximum absolute atomic E-state index is 4.98. The third-order valence-electron chi connectivity index (χ3n) is 6.23. The minimum atomic E-state index is 0.714. The lowest BCUT2D eigenvalue weighted by Gasteiger charge is -2.30. The van der Waals surface area contributed by atoms with Crippen molar-refractivity contribution >= 4 is 16.7 Å². The smallest absolute Gasteiger partial charge is 0.161 e. The Morgan fingerprint density at radius 1 is 1.15 bits per heavy atom. The van der Waals surface area contributed by atoms with Crippen LogP contribution in [-0.4, -0.2) is 48.1 Å². The first kappa shape index (κ1) is 21.1. The molecule has 0 bridgehead atoms. The number of pyridine rings is 2. The lowest BCUT2D eigenvalue weighted by atomic mass is 10.1. The maximum Gasteiger partial charge on any atom is 0.161 e. The van der Waals surface area contributed by atoms with Crippen LogP contribution in [0.5, 0.6) is 0 Å². The van der Waals surface area contributed by atoms with Gasteiger partial charge < -0.3 is 9.88 Å². The molecule has 0 atom stereocenters. The Hall–Kier alpha value is -3.74. The molecule has 0 radical (unpaired) electrons. The standard InChI is InChI=1S/C26H29N7/c1-4-9-22(33-12-7-6-8-13-33)23-17(3)28-26(30-23)25-24-21(31-32-25)11-10-20(29-24)19-14-18(5-2)15-27-16-19/h4,9-11,14-16H,1,5-8,12-13H2,2-3H3,(H,28,30)(H,31,32)/b22-9+. The van der Waals surface area contributed by atoms with E-state index in [1.165, 1.54) is 24.8 Å². The van der Waals surface area contributed by atoms with Crippen LogP contribution in [0.25, 0.3) is 39.5 Å². The van der Waals surface area contributed by atoms with Crippen molar-refractivity contribution in [3.63, 3.8) is 0 Å².